The molecule has 1 saturated carbocycles. The molecule has 1 heterocycles. The number of nitrogens with zero attached hydrogens (tertiary/aromatic N) is 1. The number of hydrogen-bond donors (Lipinski definition) is 1. The Balaban J connectivity index is 1.42. The standard InChI is InChI=1S/C17H26N2/c1-17(2)12-16(17)18-15-8-10-19(11-9-15)13-14-6-4-3-5-7-14/h3-7,15-16,18H,8-13H2,1-2H3. The molecule has 1 unspecified atom stereocenters. The van der Waals surface area contributed by atoms with Crippen molar-refractivity contribution in [3.05, 3.63) is 35.9 Å². The summed E-state index contributed by atoms with van der Waals surface area (Å²) in [4.78, 5) is 2.59. The number of benzene rings is 1. The van der Waals surface area contributed by atoms with E-state index in [-0.39, 0.29) is 0 Å². The van der Waals surface area contributed by atoms with E-state index >= 15 is 0 Å². The Morgan fingerprint density at radius 2 is 1.79 bits per heavy atom. The Kier molecular flexibility index (Phi) is 3.64. The van der Waals surface area contributed by atoms with Crippen LogP contribution >= 0.6 is 0 Å². The Morgan fingerprint density at radius 3 is 2.37 bits per heavy atom. The summed E-state index contributed by atoms with van der Waals surface area (Å²) in [5.41, 5.74) is 2.00. The first-order valence-electron chi connectivity index (χ1n) is 7.66. The zero-order valence-electron chi connectivity index (χ0n) is 12.2. The van der Waals surface area contributed by atoms with Gasteiger partial charge in [-0.25, -0.2) is 0 Å². The molecule has 19 heavy (non-hydrogen) atoms. The van der Waals surface area contributed by atoms with Crippen molar-refractivity contribution in [3.63, 3.8) is 0 Å². The highest BCUT2D eigenvalue weighted by Crippen LogP contribution is 2.45. The van der Waals surface area contributed by atoms with Gasteiger partial charge in [0.1, 0.15) is 0 Å². The van der Waals surface area contributed by atoms with Gasteiger partial charge >= 0.3 is 0 Å². The minimum atomic E-state index is 0.557. The maximum atomic E-state index is 3.84. The van der Waals surface area contributed by atoms with E-state index in [4.69, 9.17) is 0 Å². The van der Waals surface area contributed by atoms with Gasteiger partial charge in [-0.3, -0.25) is 4.90 Å². The van der Waals surface area contributed by atoms with E-state index in [2.05, 4.69) is 54.4 Å². The van der Waals surface area contributed by atoms with Gasteiger partial charge in [0.25, 0.3) is 0 Å². The van der Waals surface area contributed by atoms with Crippen molar-refractivity contribution in [1.29, 1.82) is 0 Å². The van der Waals surface area contributed by atoms with Crippen LogP contribution in [0.3, 0.4) is 0 Å². The quantitative estimate of drug-likeness (QED) is 0.893. The Bertz CT molecular complexity index is 405. The average Bonchev–Trinajstić information content (AvgIpc) is 3.00. The summed E-state index contributed by atoms with van der Waals surface area (Å²) >= 11 is 0. The first-order chi connectivity index (χ1) is 9.13. The molecule has 104 valence electrons. The van der Waals surface area contributed by atoms with Crippen molar-refractivity contribution in [2.75, 3.05) is 13.1 Å². The second-order valence-corrected chi connectivity index (χ2v) is 6.95. The van der Waals surface area contributed by atoms with Gasteiger partial charge in [-0.05, 0) is 43.3 Å². The maximum Gasteiger partial charge on any atom is 0.0233 e. The number of rotatable bonds is 4. The fraction of sp³-hybridized carbons (Fsp3) is 0.647. The van der Waals surface area contributed by atoms with E-state index in [1.54, 1.807) is 0 Å². The molecule has 1 aliphatic carbocycles. The van der Waals surface area contributed by atoms with Crippen LogP contribution in [0.15, 0.2) is 30.3 Å². The summed E-state index contributed by atoms with van der Waals surface area (Å²) in [5.74, 6) is 0. The predicted octanol–water partition coefficient (Wildman–Crippen LogP) is 3.04. The first-order valence-corrected chi connectivity index (χ1v) is 7.66. The average molecular weight is 258 g/mol. The third kappa shape index (κ3) is 3.37. The lowest BCUT2D eigenvalue weighted by atomic mass is 10.0. The molecule has 1 aromatic carbocycles. The van der Waals surface area contributed by atoms with E-state index in [9.17, 15) is 0 Å². The molecule has 1 aliphatic heterocycles. The molecule has 0 radical (unpaired) electrons. The summed E-state index contributed by atoms with van der Waals surface area (Å²) in [6, 6.07) is 12.4. The SMILES string of the molecule is CC1(C)CC1NC1CCN(Cc2ccccc2)CC1. The predicted molar refractivity (Wildman–Crippen MR) is 80.1 cm³/mol. The lowest BCUT2D eigenvalue weighted by molar-refractivity contribution is 0.188. The molecule has 0 amide bonds. The summed E-state index contributed by atoms with van der Waals surface area (Å²) < 4.78 is 0. The van der Waals surface area contributed by atoms with Gasteiger partial charge in [-0.2, -0.15) is 0 Å². The molecule has 2 fully saturated rings. The highest BCUT2D eigenvalue weighted by molar-refractivity contribution is 5.14. The molecule has 0 spiro atoms. The highest BCUT2D eigenvalue weighted by atomic mass is 15.1. The molecular formula is C17H26N2. The minimum absolute atomic E-state index is 0.557. The van der Waals surface area contributed by atoms with Crippen LogP contribution in [0, 0.1) is 5.41 Å². The number of likely N-dealkylation sites (tertiary alicyclic amines) is 1. The smallest absolute Gasteiger partial charge is 0.0233 e. The van der Waals surface area contributed by atoms with Crippen LogP contribution in [0.2, 0.25) is 0 Å². The Labute approximate surface area is 117 Å². The molecule has 2 nitrogen and oxygen atoms in total. The van der Waals surface area contributed by atoms with Crippen LogP contribution in [0.4, 0.5) is 0 Å². The lowest BCUT2D eigenvalue weighted by Gasteiger charge is -2.33. The molecular weight excluding hydrogens is 232 g/mol. The lowest BCUT2D eigenvalue weighted by Crippen LogP contribution is -2.43. The van der Waals surface area contributed by atoms with Crippen LogP contribution in [0.5, 0.6) is 0 Å². The van der Waals surface area contributed by atoms with Crippen LogP contribution < -0.4 is 5.32 Å². The molecule has 0 aromatic heterocycles. The van der Waals surface area contributed by atoms with Crippen molar-refractivity contribution >= 4 is 0 Å². The van der Waals surface area contributed by atoms with Crippen molar-refractivity contribution in [3.8, 4) is 0 Å². The molecule has 2 heteroatoms. The van der Waals surface area contributed by atoms with Crippen LogP contribution in [0.1, 0.15) is 38.7 Å². The first kappa shape index (κ1) is 13.1. The molecule has 1 atom stereocenters. The second-order valence-electron chi connectivity index (χ2n) is 6.95. The maximum absolute atomic E-state index is 3.84. The second kappa shape index (κ2) is 5.26. The number of nitrogens with one attached hydrogen (secondary N) is 1. The molecule has 2 aliphatic rings. The van der Waals surface area contributed by atoms with E-state index < -0.39 is 0 Å². The van der Waals surface area contributed by atoms with Gasteiger partial charge in [0.05, 0.1) is 0 Å². The molecule has 0 bridgehead atoms. The highest BCUT2D eigenvalue weighted by Gasteiger charge is 2.46. The van der Waals surface area contributed by atoms with Crippen LogP contribution in [0.25, 0.3) is 0 Å². The summed E-state index contributed by atoms with van der Waals surface area (Å²) in [5, 5.41) is 3.84. The summed E-state index contributed by atoms with van der Waals surface area (Å²) in [7, 11) is 0. The van der Waals surface area contributed by atoms with Crippen LogP contribution in [-0.2, 0) is 6.54 Å². The number of hydrogen-bond acceptors (Lipinski definition) is 2. The Hall–Kier alpha value is -0.860. The van der Waals surface area contributed by atoms with Gasteiger partial charge in [0, 0.05) is 18.6 Å². The van der Waals surface area contributed by atoms with Crippen molar-refractivity contribution in [2.24, 2.45) is 5.41 Å². The Morgan fingerprint density at radius 1 is 1.16 bits per heavy atom. The van der Waals surface area contributed by atoms with Gasteiger partial charge in [-0.1, -0.05) is 44.2 Å². The molecule has 1 saturated heterocycles. The van der Waals surface area contributed by atoms with Gasteiger partial charge < -0.3 is 5.32 Å². The molecule has 1 aromatic rings. The van der Waals surface area contributed by atoms with E-state index in [1.807, 2.05) is 0 Å². The third-order valence-electron chi connectivity index (χ3n) is 4.79. The third-order valence-corrected chi connectivity index (χ3v) is 4.79. The monoisotopic (exact) mass is 258 g/mol. The van der Waals surface area contributed by atoms with Crippen molar-refractivity contribution in [2.45, 2.75) is 51.7 Å². The molecule has 3 rings (SSSR count). The van der Waals surface area contributed by atoms with Gasteiger partial charge in [0.15, 0.2) is 0 Å². The molecule has 1 N–H and O–H groups in total. The van der Waals surface area contributed by atoms with E-state index in [0.29, 0.717) is 5.41 Å². The minimum Gasteiger partial charge on any atom is -0.311 e. The van der Waals surface area contributed by atoms with Gasteiger partial charge in [0.2, 0.25) is 0 Å². The zero-order chi connectivity index (χ0) is 13.3. The summed E-state index contributed by atoms with van der Waals surface area (Å²) in [6.45, 7) is 8.33. The van der Waals surface area contributed by atoms with E-state index in [0.717, 1.165) is 18.6 Å². The van der Waals surface area contributed by atoms with Crippen molar-refractivity contribution < 1.29 is 0 Å². The normalized spacial score (nSPS) is 27.4. The summed E-state index contributed by atoms with van der Waals surface area (Å²) in [6.07, 6.45) is 3.97. The van der Waals surface area contributed by atoms with Crippen molar-refractivity contribution in [1.82, 2.24) is 10.2 Å². The van der Waals surface area contributed by atoms with Gasteiger partial charge in [-0.15, -0.1) is 0 Å². The number of piperidine rings is 1. The van der Waals surface area contributed by atoms with Crippen LogP contribution in [-0.4, -0.2) is 30.1 Å². The van der Waals surface area contributed by atoms with E-state index in [1.165, 1.54) is 37.9 Å². The fourth-order valence-electron chi connectivity index (χ4n) is 3.14. The zero-order valence-corrected chi connectivity index (χ0v) is 12.2. The topological polar surface area (TPSA) is 15.3 Å². The largest absolute Gasteiger partial charge is 0.311 e. The fourth-order valence-corrected chi connectivity index (χ4v) is 3.14.